The van der Waals surface area contributed by atoms with Gasteiger partial charge in [0.1, 0.15) is 6.54 Å². The van der Waals surface area contributed by atoms with Crippen molar-refractivity contribution in [2.45, 2.75) is 19.8 Å². The van der Waals surface area contributed by atoms with E-state index < -0.39 is 0 Å². The molecule has 0 unspecified atom stereocenters. The first-order valence-electron chi connectivity index (χ1n) is 5.27. The zero-order chi connectivity index (χ0) is 12.1. The van der Waals surface area contributed by atoms with Crippen LogP contribution in [0, 0.1) is 0 Å². The van der Waals surface area contributed by atoms with E-state index in [-0.39, 0.29) is 37.4 Å². The largest absolute Gasteiger partial charge is 0.466 e. The summed E-state index contributed by atoms with van der Waals surface area (Å²) in [4.78, 5) is 36.3. The third kappa shape index (κ3) is 2.95. The fourth-order valence-electron chi connectivity index (χ4n) is 1.50. The Balaban J connectivity index is 2.30. The average molecular weight is 228 g/mol. The number of rotatable bonds is 5. The molecule has 1 aliphatic heterocycles. The van der Waals surface area contributed by atoms with Crippen LogP contribution >= 0.6 is 0 Å². The van der Waals surface area contributed by atoms with Gasteiger partial charge in [-0.15, -0.1) is 0 Å². The Morgan fingerprint density at radius 3 is 2.62 bits per heavy atom. The minimum atomic E-state index is -0.297. The number of hydrogen-bond donors (Lipinski definition) is 0. The van der Waals surface area contributed by atoms with E-state index >= 15 is 0 Å². The lowest BCUT2D eigenvalue weighted by Crippen LogP contribution is -2.32. The zero-order valence-corrected chi connectivity index (χ0v) is 9.56. The van der Waals surface area contributed by atoms with Crippen molar-refractivity contribution in [2.75, 3.05) is 26.7 Å². The molecule has 0 aromatic carbocycles. The molecule has 0 radical (unpaired) electrons. The van der Waals surface area contributed by atoms with Crippen LogP contribution in [0.5, 0.6) is 0 Å². The standard InChI is InChI=1S/C10H16N2O4/c1-3-16-9(14)5-4-6-12-8(13)7-11(2)10(12)15/h3-7H2,1-2H3. The smallest absolute Gasteiger partial charge is 0.326 e. The van der Waals surface area contributed by atoms with Crippen molar-refractivity contribution >= 4 is 17.9 Å². The van der Waals surface area contributed by atoms with E-state index in [0.717, 1.165) is 0 Å². The van der Waals surface area contributed by atoms with E-state index in [1.165, 1.54) is 9.80 Å². The highest BCUT2D eigenvalue weighted by Gasteiger charge is 2.32. The molecule has 3 amide bonds. The van der Waals surface area contributed by atoms with Crippen LogP contribution in [0.3, 0.4) is 0 Å². The Kier molecular flexibility index (Phi) is 4.28. The van der Waals surface area contributed by atoms with Gasteiger partial charge in [0.15, 0.2) is 0 Å². The topological polar surface area (TPSA) is 66.9 Å². The quantitative estimate of drug-likeness (QED) is 0.499. The van der Waals surface area contributed by atoms with Gasteiger partial charge in [0, 0.05) is 20.0 Å². The van der Waals surface area contributed by atoms with Crippen molar-refractivity contribution in [3.8, 4) is 0 Å². The number of hydrogen-bond acceptors (Lipinski definition) is 4. The predicted molar refractivity (Wildman–Crippen MR) is 55.6 cm³/mol. The van der Waals surface area contributed by atoms with Gasteiger partial charge in [-0.05, 0) is 13.3 Å². The maximum atomic E-state index is 11.4. The molecular formula is C10H16N2O4. The molecule has 0 spiro atoms. The molecule has 1 fully saturated rings. The van der Waals surface area contributed by atoms with Crippen LogP contribution in [0.25, 0.3) is 0 Å². The lowest BCUT2D eigenvalue weighted by atomic mass is 10.3. The normalized spacial score (nSPS) is 15.9. The summed E-state index contributed by atoms with van der Waals surface area (Å²) in [6.07, 6.45) is 0.679. The highest BCUT2D eigenvalue weighted by Crippen LogP contribution is 2.09. The van der Waals surface area contributed by atoms with E-state index in [1.54, 1.807) is 14.0 Å². The average Bonchev–Trinajstić information content (AvgIpc) is 2.45. The molecule has 0 saturated carbocycles. The van der Waals surface area contributed by atoms with Gasteiger partial charge in [0.05, 0.1) is 6.61 Å². The molecule has 6 nitrogen and oxygen atoms in total. The molecule has 6 heteroatoms. The molecule has 0 bridgehead atoms. The SMILES string of the molecule is CCOC(=O)CCCN1C(=O)CN(C)C1=O. The Hall–Kier alpha value is -1.59. The third-order valence-corrected chi connectivity index (χ3v) is 2.30. The molecule has 1 saturated heterocycles. The van der Waals surface area contributed by atoms with Crippen LogP contribution in [0.2, 0.25) is 0 Å². The van der Waals surface area contributed by atoms with Gasteiger partial charge >= 0.3 is 12.0 Å². The van der Waals surface area contributed by atoms with E-state index in [1.807, 2.05) is 0 Å². The first kappa shape index (κ1) is 12.5. The van der Waals surface area contributed by atoms with Gasteiger partial charge in [-0.3, -0.25) is 14.5 Å². The lowest BCUT2D eigenvalue weighted by Gasteiger charge is -2.13. The van der Waals surface area contributed by atoms with Crippen molar-refractivity contribution in [1.82, 2.24) is 9.80 Å². The number of ether oxygens (including phenoxy) is 1. The van der Waals surface area contributed by atoms with Crippen molar-refractivity contribution in [3.05, 3.63) is 0 Å². The van der Waals surface area contributed by atoms with Gasteiger partial charge in [0.2, 0.25) is 5.91 Å². The Morgan fingerprint density at radius 2 is 2.12 bits per heavy atom. The number of esters is 1. The number of amides is 3. The molecule has 1 rings (SSSR count). The van der Waals surface area contributed by atoms with Gasteiger partial charge in [-0.1, -0.05) is 0 Å². The molecule has 1 aliphatic rings. The van der Waals surface area contributed by atoms with Crippen molar-refractivity contribution < 1.29 is 19.1 Å². The van der Waals surface area contributed by atoms with Crippen molar-refractivity contribution in [2.24, 2.45) is 0 Å². The highest BCUT2D eigenvalue weighted by molar-refractivity contribution is 6.01. The summed E-state index contributed by atoms with van der Waals surface area (Å²) < 4.78 is 4.74. The first-order chi connectivity index (χ1) is 7.56. The van der Waals surface area contributed by atoms with E-state index in [4.69, 9.17) is 4.74 Å². The minimum absolute atomic E-state index is 0.123. The number of carbonyl (C=O) groups excluding carboxylic acids is 3. The fourth-order valence-corrected chi connectivity index (χ4v) is 1.50. The van der Waals surface area contributed by atoms with Crippen LogP contribution in [0.15, 0.2) is 0 Å². The second-order valence-electron chi connectivity index (χ2n) is 3.59. The maximum Gasteiger partial charge on any atom is 0.326 e. The van der Waals surface area contributed by atoms with Gasteiger partial charge in [0.25, 0.3) is 0 Å². The summed E-state index contributed by atoms with van der Waals surface area (Å²) in [6.45, 7) is 2.49. The van der Waals surface area contributed by atoms with E-state index in [0.29, 0.717) is 13.0 Å². The lowest BCUT2D eigenvalue weighted by molar-refractivity contribution is -0.143. The molecule has 0 aliphatic carbocycles. The van der Waals surface area contributed by atoms with Crippen LogP contribution in [-0.4, -0.2) is 54.5 Å². The number of carbonyl (C=O) groups is 3. The minimum Gasteiger partial charge on any atom is -0.466 e. The van der Waals surface area contributed by atoms with Gasteiger partial charge in [-0.25, -0.2) is 4.79 Å². The second kappa shape index (κ2) is 5.48. The van der Waals surface area contributed by atoms with Crippen molar-refractivity contribution in [3.63, 3.8) is 0 Å². The van der Waals surface area contributed by atoms with Crippen molar-refractivity contribution in [1.29, 1.82) is 0 Å². The zero-order valence-electron chi connectivity index (χ0n) is 9.56. The Morgan fingerprint density at radius 1 is 1.44 bits per heavy atom. The molecule has 1 heterocycles. The summed E-state index contributed by atoms with van der Waals surface area (Å²) >= 11 is 0. The summed E-state index contributed by atoms with van der Waals surface area (Å²) in [7, 11) is 1.57. The summed E-state index contributed by atoms with van der Waals surface area (Å²) in [5, 5.41) is 0. The van der Waals surface area contributed by atoms with Gasteiger partial charge in [-0.2, -0.15) is 0 Å². The van der Waals surface area contributed by atoms with Crippen LogP contribution in [-0.2, 0) is 14.3 Å². The molecule has 90 valence electrons. The number of nitrogens with zero attached hydrogens (tertiary/aromatic N) is 2. The van der Waals surface area contributed by atoms with Crippen LogP contribution in [0.1, 0.15) is 19.8 Å². The van der Waals surface area contributed by atoms with E-state index in [9.17, 15) is 14.4 Å². The first-order valence-corrected chi connectivity index (χ1v) is 5.27. The summed E-state index contributed by atoms with van der Waals surface area (Å²) in [6, 6.07) is -0.297. The highest BCUT2D eigenvalue weighted by atomic mass is 16.5. The molecule has 0 atom stereocenters. The number of likely N-dealkylation sites (N-methyl/N-ethyl adjacent to an activating group) is 1. The number of imide groups is 1. The molecule has 0 N–H and O–H groups in total. The molecule has 0 aromatic heterocycles. The Bertz CT molecular complexity index is 303. The number of urea groups is 1. The van der Waals surface area contributed by atoms with E-state index in [2.05, 4.69) is 0 Å². The fraction of sp³-hybridized carbons (Fsp3) is 0.700. The van der Waals surface area contributed by atoms with Crippen LogP contribution < -0.4 is 0 Å². The summed E-state index contributed by atoms with van der Waals surface area (Å²) in [5.74, 6) is -0.508. The van der Waals surface area contributed by atoms with Gasteiger partial charge < -0.3 is 9.64 Å². The Labute approximate surface area is 94.1 Å². The predicted octanol–water partition coefficient (Wildman–Crippen LogP) is 0.224. The maximum absolute atomic E-state index is 11.4. The van der Waals surface area contributed by atoms with Crippen LogP contribution in [0.4, 0.5) is 4.79 Å². The summed E-state index contributed by atoms with van der Waals surface area (Å²) in [5.41, 5.74) is 0. The second-order valence-corrected chi connectivity index (χ2v) is 3.59. The molecular weight excluding hydrogens is 212 g/mol. The third-order valence-electron chi connectivity index (χ3n) is 2.30. The molecule has 16 heavy (non-hydrogen) atoms. The monoisotopic (exact) mass is 228 g/mol. The molecule has 0 aromatic rings.